The van der Waals surface area contributed by atoms with Crippen molar-refractivity contribution in [2.75, 3.05) is 4.90 Å². The van der Waals surface area contributed by atoms with Gasteiger partial charge in [-0.1, -0.05) is 170 Å². The Morgan fingerprint density at radius 3 is 1.43 bits per heavy atom. The Hall–Kier alpha value is -7.42. The molecule has 0 saturated heterocycles. The van der Waals surface area contributed by atoms with E-state index in [1.807, 2.05) is 18.2 Å². The van der Waals surface area contributed by atoms with Crippen molar-refractivity contribution in [2.24, 2.45) is 0 Å². The van der Waals surface area contributed by atoms with E-state index in [4.69, 9.17) is 4.42 Å². The van der Waals surface area contributed by atoms with Crippen molar-refractivity contribution in [1.82, 2.24) is 0 Å². The molecule has 56 heavy (non-hydrogen) atoms. The summed E-state index contributed by atoms with van der Waals surface area (Å²) in [5.41, 5.74) is 14.7. The van der Waals surface area contributed by atoms with Crippen LogP contribution in [0.5, 0.6) is 0 Å². The minimum atomic E-state index is 0.879. The van der Waals surface area contributed by atoms with Crippen molar-refractivity contribution in [3.63, 3.8) is 0 Å². The fourth-order valence-corrected chi connectivity index (χ4v) is 7.78. The number of furan rings is 1. The maximum absolute atomic E-state index is 6.27. The van der Waals surface area contributed by atoms with Gasteiger partial charge in [0.25, 0.3) is 0 Å². The lowest BCUT2D eigenvalue weighted by Gasteiger charge is -2.26. The van der Waals surface area contributed by atoms with Gasteiger partial charge in [-0.25, -0.2) is 0 Å². The van der Waals surface area contributed by atoms with Crippen LogP contribution in [-0.4, -0.2) is 0 Å². The molecule has 2 heteroatoms. The Balaban J connectivity index is 0.963. The van der Waals surface area contributed by atoms with Crippen LogP contribution in [-0.2, 0) is 0 Å². The van der Waals surface area contributed by atoms with Crippen LogP contribution < -0.4 is 4.90 Å². The van der Waals surface area contributed by atoms with Crippen LogP contribution >= 0.6 is 0 Å². The summed E-state index contributed by atoms with van der Waals surface area (Å²) in [5, 5.41) is 3.55. The maximum Gasteiger partial charge on any atom is 0.136 e. The predicted molar refractivity (Wildman–Crippen MR) is 236 cm³/mol. The Morgan fingerprint density at radius 1 is 0.268 bits per heavy atom. The zero-order valence-corrected chi connectivity index (χ0v) is 30.7. The molecule has 0 N–H and O–H groups in total. The first kappa shape index (κ1) is 33.2. The van der Waals surface area contributed by atoms with Crippen LogP contribution in [0.1, 0.15) is 0 Å². The number of anilines is 3. The molecule has 0 unspecified atom stereocenters. The van der Waals surface area contributed by atoms with E-state index in [2.05, 4.69) is 211 Å². The number of nitrogens with zero attached hydrogens (tertiary/aromatic N) is 1. The summed E-state index contributed by atoms with van der Waals surface area (Å²) in [5.74, 6) is 0.879. The first-order chi connectivity index (χ1) is 27.7. The van der Waals surface area contributed by atoms with Crippen LogP contribution in [0.15, 0.2) is 229 Å². The highest BCUT2D eigenvalue weighted by Crippen LogP contribution is 2.40. The van der Waals surface area contributed by atoms with Gasteiger partial charge in [0.15, 0.2) is 0 Å². The van der Waals surface area contributed by atoms with E-state index in [1.165, 1.54) is 38.6 Å². The van der Waals surface area contributed by atoms with Crippen LogP contribution in [0, 0.1) is 0 Å². The monoisotopic (exact) mass is 715 g/mol. The topological polar surface area (TPSA) is 16.4 Å². The summed E-state index contributed by atoms with van der Waals surface area (Å²) in [6.07, 6.45) is 0. The molecule has 0 aliphatic heterocycles. The molecule has 0 radical (unpaired) electrons. The molecule has 1 heterocycles. The van der Waals surface area contributed by atoms with Gasteiger partial charge < -0.3 is 9.32 Å². The Bertz CT molecular complexity index is 2910. The zero-order valence-electron chi connectivity index (χ0n) is 30.7. The van der Waals surface area contributed by atoms with E-state index < -0.39 is 0 Å². The van der Waals surface area contributed by atoms with Gasteiger partial charge in [-0.05, 0) is 110 Å². The van der Waals surface area contributed by atoms with Gasteiger partial charge in [-0.3, -0.25) is 0 Å². The number of para-hydroxylation sites is 1. The second-order valence-electron chi connectivity index (χ2n) is 14.2. The number of rotatable bonds is 8. The third-order valence-electron chi connectivity index (χ3n) is 10.7. The maximum atomic E-state index is 6.27. The summed E-state index contributed by atoms with van der Waals surface area (Å²) in [6.45, 7) is 0. The third-order valence-corrected chi connectivity index (χ3v) is 10.7. The molecule has 0 fully saturated rings. The highest BCUT2D eigenvalue weighted by Gasteiger charge is 2.15. The summed E-state index contributed by atoms with van der Waals surface area (Å²) in [7, 11) is 0. The van der Waals surface area contributed by atoms with Crippen molar-refractivity contribution in [2.45, 2.75) is 0 Å². The molecule has 1 aromatic heterocycles. The highest BCUT2D eigenvalue weighted by atomic mass is 16.3. The molecule has 10 rings (SSSR count). The lowest BCUT2D eigenvalue weighted by Crippen LogP contribution is -2.09. The molecule has 2 nitrogen and oxygen atoms in total. The van der Waals surface area contributed by atoms with E-state index in [0.29, 0.717) is 0 Å². The Labute approximate surface area is 327 Å². The minimum absolute atomic E-state index is 0.879. The summed E-state index contributed by atoms with van der Waals surface area (Å²) >= 11 is 0. The molecular formula is C54H37NO. The van der Waals surface area contributed by atoms with Crippen LogP contribution in [0.4, 0.5) is 17.1 Å². The van der Waals surface area contributed by atoms with Crippen molar-refractivity contribution in [1.29, 1.82) is 0 Å². The predicted octanol–water partition coefficient (Wildman–Crippen LogP) is 15.4. The smallest absolute Gasteiger partial charge is 0.136 e. The largest absolute Gasteiger partial charge is 0.456 e. The minimum Gasteiger partial charge on any atom is -0.456 e. The van der Waals surface area contributed by atoms with E-state index in [1.54, 1.807) is 0 Å². The normalized spacial score (nSPS) is 11.2. The molecule has 0 aliphatic carbocycles. The lowest BCUT2D eigenvalue weighted by atomic mass is 9.95. The van der Waals surface area contributed by atoms with Crippen molar-refractivity contribution in [3.05, 3.63) is 224 Å². The Morgan fingerprint density at radius 2 is 0.750 bits per heavy atom. The fourth-order valence-electron chi connectivity index (χ4n) is 7.78. The fraction of sp³-hybridized carbons (Fsp3) is 0. The second-order valence-corrected chi connectivity index (χ2v) is 14.2. The molecule has 0 atom stereocenters. The van der Waals surface area contributed by atoms with Gasteiger partial charge in [0.2, 0.25) is 0 Å². The molecule has 9 aromatic carbocycles. The van der Waals surface area contributed by atoms with Gasteiger partial charge >= 0.3 is 0 Å². The number of hydrogen-bond acceptors (Lipinski definition) is 2. The van der Waals surface area contributed by atoms with Crippen LogP contribution in [0.2, 0.25) is 0 Å². The first-order valence-corrected chi connectivity index (χ1v) is 19.1. The van der Waals surface area contributed by atoms with Gasteiger partial charge in [0, 0.05) is 28.0 Å². The summed E-state index contributed by atoms with van der Waals surface area (Å²) in [6, 6.07) is 80.1. The highest BCUT2D eigenvalue weighted by molar-refractivity contribution is 5.91. The van der Waals surface area contributed by atoms with E-state index in [-0.39, 0.29) is 0 Å². The summed E-state index contributed by atoms with van der Waals surface area (Å²) < 4.78 is 6.27. The van der Waals surface area contributed by atoms with Crippen molar-refractivity contribution >= 4 is 38.8 Å². The quantitative estimate of drug-likeness (QED) is 0.156. The van der Waals surface area contributed by atoms with Crippen molar-refractivity contribution < 1.29 is 4.42 Å². The molecule has 264 valence electrons. The van der Waals surface area contributed by atoms with Gasteiger partial charge in [0.1, 0.15) is 11.3 Å². The SMILES string of the molecule is c1ccc(-c2cccc(-c3ccc(N(c4ccc(-c5ccc(-c6ccccc6-c6cc7ccccc7o6)cc5)cc4)c4ccc5ccccc5c4)cc3)c2)cc1. The van der Waals surface area contributed by atoms with Crippen LogP contribution in [0.25, 0.3) is 77.6 Å². The molecule has 0 spiro atoms. The first-order valence-electron chi connectivity index (χ1n) is 19.1. The molecular weight excluding hydrogens is 679 g/mol. The van der Waals surface area contributed by atoms with Crippen molar-refractivity contribution in [3.8, 4) is 55.8 Å². The molecule has 0 aliphatic rings. The third kappa shape index (κ3) is 6.44. The van der Waals surface area contributed by atoms with Gasteiger partial charge in [-0.2, -0.15) is 0 Å². The number of fused-ring (bicyclic) bond motifs is 2. The van der Waals surface area contributed by atoms with Crippen LogP contribution in [0.3, 0.4) is 0 Å². The number of benzene rings is 9. The zero-order chi connectivity index (χ0) is 37.3. The average molecular weight is 716 g/mol. The van der Waals surface area contributed by atoms with E-state index in [0.717, 1.165) is 56.0 Å². The lowest BCUT2D eigenvalue weighted by molar-refractivity contribution is 0.632. The van der Waals surface area contributed by atoms with Gasteiger partial charge in [0.05, 0.1) is 0 Å². The molecule has 10 aromatic rings. The molecule has 0 amide bonds. The average Bonchev–Trinajstić information content (AvgIpc) is 3.72. The second kappa shape index (κ2) is 14.4. The van der Waals surface area contributed by atoms with E-state index in [9.17, 15) is 0 Å². The molecule has 0 bridgehead atoms. The number of hydrogen-bond donors (Lipinski definition) is 0. The van der Waals surface area contributed by atoms with E-state index >= 15 is 0 Å². The Kier molecular flexibility index (Phi) is 8.55. The van der Waals surface area contributed by atoms with Gasteiger partial charge in [-0.15, -0.1) is 0 Å². The summed E-state index contributed by atoms with van der Waals surface area (Å²) in [4.78, 5) is 2.35. The molecule has 0 saturated carbocycles. The standard InChI is InChI=1S/C54H37NO/c1-2-11-38(12-3-1)44-16-10-17-45(35-44)42-27-32-49(33-28-42)55(50-34-29-39-13-4-5-14-46(39)36-50)48-30-25-41(26-31-48)40-21-23-43(24-22-40)51-18-7-8-19-52(51)54-37-47-15-6-9-20-53(47)56-54/h1-37H.